The van der Waals surface area contributed by atoms with Crippen LogP contribution in [-0.4, -0.2) is 46.9 Å². The third-order valence-electron chi connectivity index (χ3n) is 3.66. The number of carbonyl (C=O) groups excluding carboxylic acids is 1. The van der Waals surface area contributed by atoms with Crippen LogP contribution in [0.4, 0.5) is 10.5 Å². The molecule has 1 saturated heterocycles. The molecule has 0 radical (unpaired) electrons. The lowest BCUT2D eigenvalue weighted by Crippen LogP contribution is -2.36. The van der Waals surface area contributed by atoms with Crippen LogP contribution in [0.15, 0.2) is 0 Å². The molecule has 19 heavy (non-hydrogen) atoms. The fraction of sp³-hybridized carbons (Fsp3) is 0.692. The molecule has 0 saturated carbocycles. The molecule has 0 bridgehead atoms. The quantitative estimate of drug-likeness (QED) is 0.861. The van der Waals surface area contributed by atoms with Crippen LogP contribution in [-0.2, 0) is 7.05 Å². The van der Waals surface area contributed by atoms with Crippen LogP contribution in [0.25, 0.3) is 0 Å². The average Bonchev–Trinajstić information content (AvgIpc) is 2.94. The van der Waals surface area contributed by atoms with Crippen molar-refractivity contribution in [2.45, 2.75) is 26.7 Å². The number of aryl methyl sites for hydroxylation is 2. The summed E-state index contributed by atoms with van der Waals surface area (Å²) in [6.45, 7) is 7.77. The number of likely N-dealkylation sites (tertiary alicyclic amines) is 1. The van der Waals surface area contributed by atoms with Crippen LogP contribution < -0.4 is 10.6 Å². The van der Waals surface area contributed by atoms with Crippen molar-refractivity contribution in [1.82, 2.24) is 20.0 Å². The van der Waals surface area contributed by atoms with Crippen molar-refractivity contribution < 1.29 is 4.79 Å². The zero-order valence-corrected chi connectivity index (χ0v) is 12.0. The Morgan fingerprint density at radius 3 is 2.58 bits per heavy atom. The summed E-state index contributed by atoms with van der Waals surface area (Å²) < 4.78 is 1.77. The van der Waals surface area contributed by atoms with Crippen LogP contribution in [0, 0.1) is 13.8 Å². The fourth-order valence-electron chi connectivity index (χ4n) is 2.45. The number of rotatable bonds is 4. The minimum absolute atomic E-state index is 0.154. The Morgan fingerprint density at radius 2 is 2.00 bits per heavy atom. The van der Waals surface area contributed by atoms with Gasteiger partial charge in [-0.25, -0.2) is 4.79 Å². The maximum atomic E-state index is 11.8. The van der Waals surface area contributed by atoms with Crippen molar-refractivity contribution in [3.05, 3.63) is 11.4 Å². The van der Waals surface area contributed by atoms with Gasteiger partial charge in [-0.3, -0.25) is 4.68 Å². The summed E-state index contributed by atoms with van der Waals surface area (Å²) in [5.41, 5.74) is 2.61. The molecule has 1 aromatic heterocycles. The predicted octanol–water partition coefficient (Wildman–Crippen LogP) is 1.25. The van der Waals surface area contributed by atoms with Gasteiger partial charge in [0.15, 0.2) is 0 Å². The van der Waals surface area contributed by atoms with E-state index in [-0.39, 0.29) is 6.03 Å². The van der Waals surface area contributed by atoms with Gasteiger partial charge in [0.1, 0.15) is 0 Å². The number of aromatic nitrogens is 2. The molecule has 0 aromatic carbocycles. The van der Waals surface area contributed by atoms with E-state index in [0.717, 1.165) is 36.7 Å². The maximum absolute atomic E-state index is 11.8. The molecule has 0 spiro atoms. The minimum Gasteiger partial charge on any atom is -0.337 e. The molecule has 1 aliphatic heterocycles. The van der Waals surface area contributed by atoms with Gasteiger partial charge in [-0.2, -0.15) is 5.10 Å². The summed E-state index contributed by atoms with van der Waals surface area (Å²) in [4.78, 5) is 14.2. The van der Waals surface area contributed by atoms with Gasteiger partial charge in [0.05, 0.1) is 17.1 Å². The smallest absolute Gasteiger partial charge is 0.319 e. The van der Waals surface area contributed by atoms with Gasteiger partial charge in [0.2, 0.25) is 0 Å². The second kappa shape index (κ2) is 6.06. The molecular formula is C13H23N5O. The molecule has 0 unspecified atom stereocenters. The van der Waals surface area contributed by atoms with Crippen molar-refractivity contribution in [1.29, 1.82) is 0 Å². The highest BCUT2D eigenvalue weighted by Gasteiger charge is 2.13. The molecule has 1 aliphatic rings. The Bertz CT molecular complexity index is 448. The van der Waals surface area contributed by atoms with Gasteiger partial charge < -0.3 is 15.5 Å². The Labute approximate surface area is 114 Å². The van der Waals surface area contributed by atoms with E-state index >= 15 is 0 Å². The largest absolute Gasteiger partial charge is 0.337 e. The normalized spacial score (nSPS) is 15.7. The molecule has 2 N–H and O–H groups in total. The van der Waals surface area contributed by atoms with Crippen LogP contribution in [0.1, 0.15) is 24.2 Å². The molecular weight excluding hydrogens is 242 g/mol. The van der Waals surface area contributed by atoms with Gasteiger partial charge in [0.25, 0.3) is 0 Å². The van der Waals surface area contributed by atoms with E-state index in [2.05, 4.69) is 20.6 Å². The molecule has 106 valence electrons. The summed E-state index contributed by atoms with van der Waals surface area (Å²) in [5, 5.41) is 10.0. The van der Waals surface area contributed by atoms with Crippen LogP contribution >= 0.6 is 0 Å². The standard InChI is InChI=1S/C13H23N5O/c1-10-12(11(2)17(3)16-10)15-13(19)14-6-9-18-7-4-5-8-18/h4-9H2,1-3H3,(H2,14,15,19). The highest BCUT2D eigenvalue weighted by Crippen LogP contribution is 2.17. The number of anilines is 1. The number of carbonyl (C=O) groups is 1. The molecule has 1 fully saturated rings. The summed E-state index contributed by atoms with van der Waals surface area (Å²) in [6.07, 6.45) is 2.56. The molecule has 2 heterocycles. The number of amides is 2. The molecule has 2 rings (SSSR count). The fourth-order valence-corrected chi connectivity index (χ4v) is 2.45. The van der Waals surface area contributed by atoms with Gasteiger partial charge in [-0.1, -0.05) is 0 Å². The first-order chi connectivity index (χ1) is 9.08. The molecule has 0 atom stereocenters. The van der Waals surface area contributed by atoms with E-state index in [1.807, 2.05) is 20.9 Å². The number of urea groups is 1. The van der Waals surface area contributed by atoms with Crippen molar-refractivity contribution >= 4 is 11.7 Å². The first-order valence-electron chi connectivity index (χ1n) is 6.85. The highest BCUT2D eigenvalue weighted by molar-refractivity contribution is 5.90. The van der Waals surface area contributed by atoms with Crippen molar-refractivity contribution in [3.8, 4) is 0 Å². The van der Waals surface area contributed by atoms with E-state index in [0.29, 0.717) is 6.54 Å². The summed E-state index contributed by atoms with van der Waals surface area (Å²) in [7, 11) is 1.87. The van der Waals surface area contributed by atoms with Crippen LogP contribution in [0.2, 0.25) is 0 Å². The van der Waals surface area contributed by atoms with E-state index < -0.39 is 0 Å². The van der Waals surface area contributed by atoms with E-state index in [1.54, 1.807) is 4.68 Å². The number of nitrogens with zero attached hydrogens (tertiary/aromatic N) is 3. The third-order valence-corrected chi connectivity index (χ3v) is 3.66. The van der Waals surface area contributed by atoms with Crippen LogP contribution in [0.5, 0.6) is 0 Å². The number of hydrogen-bond donors (Lipinski definition) is 2. The Hall–Kier alpha value is -1.56. The van der Waals surface area contributed by atoms with Crippen molar-refractivity contribution in [2.24, 2.45) is 7.05 Å². The topological polar surface area (TPSA) is 62.2 Å². The maximum Gasteiger partial charge on any atom is 0.319 e. The lowest BCUT2D eigenvalue weighted by atomic mass is 10.3. The monoisotopic (exact) mass is 265 g/mol. The Morgan fingerprint density at radius 1 is 1.32 bits per heavy atom. The van der Waals surface area contributed by atoms with Crippen LogP contribution in [0.3, 0.4) is 0 Å². The van der Waals surface area contributed by atoms with Crippen molar-refractivity contribution in [3.63, 3.8) is 0 Å². The average molecular weight is 265 g/mol. The Kier molecular flexibility index (Phi) is 4.42. The van der Waals surface area contributed by atoms with E-state index in [1.165, 1.54) is 12.8 Å². The number of hydrogen-bond acceptors (Lipinski definition) is 3. The zero-order valence-electron chi connectivity index (χ0n) is 12.0. The second-order valence-electron chi connectivity index (χ2n) is 5.10. The number of nitrogens with one attached hydrogen (secondary N) is 2. The third kappa shape index (κ3) is 3.47. The summed E-state index contributed by atoms with van der Waals surface area (Å²) in [6, 6.07) is -0.154. The molecule has 6 nitrogen and oxygen atoms in total. The van der Waals surface area contributed by atoms with Gasteiger partial charge in [-0.05, 0) is 39.8 Å². The predicted molar refractivity (Wildman–Crippen MR) is 75.4 cm³/mol. The molecule has 2 amide bonds. The minimum atomic E-state index is -0.154. The summed E-state index contributed by atoms with van der Waals surface area (Å²) in [5.74, 6) is 0. The van der Waals surface area contributed by atoms with Gasteiger partial charge in [-0.15, -0.1) is 0 Å². The molecule has 1 aromatic rings. The highest BCUT2D eigenvalue weighted by atomic mass is 16.2. The summed E-state index contributed by atoms with van der Waals surface area (Å²) >= 11 is 0. The lowest BCUT2D eigenvalue weighted by molar-refractivity contribution is 0.249. The van der Waals surface area contributed by atoms with Gasteiger partial charge in [0, 0.05) is 20.1 Å². The Balaban J connectivity index is 1.77. The SMILES string of the molecule is Cc1nn(C)c(C)c1NC(=O)NCCN1CCCC1. The second-order valence-corrected chi connectivity index (χ2v) is 5.10. The molecule has 0 aliphatic carbocycles. The molecule has 6 heteroatoms. The van der Waals surface area contributed by atoms with Gasteiger partial charge >= 0.3 is 6.03 Å². The zero-order chi connectivity index (χ0) is 13.8. The first kappa shape index (κ1) is 13.9. The lowest BCUT2D eigenvalue weighted by Gasteiger charge is -2.15. The van der Waals surface area contributed by atoms with E-state index in [4.69, 9.17) is 0 Å². The van der Waals surface area contributed by atoms with E-state index in [9.17, 15) is 4.79 Å². The first-order valence-corrected chi connectivity index (χ1v) is 6.85. The van der Waals surface area contributed by atoms with Crippen molar-refractivity contribution in [2.75, 3.05) is 31.5 Å².